The fourth-order valence-electron chi connectivity index (χ4n) is 1.67. The second-order valence-corrected chi connectivity index (χ2v) is 5.82. The van der Waals surface area contributed by atoms with Crippen LogP contribution in [0.4, 0.5) is 0 Å². The first-order chi connectivity index (χ1) is 10.2. The van der Waals surface area contributed by atoms with Gasteiger partial charge in [-0.3, -0.25) is 9.00 Å². The van der Waals surface area contributed by atoms with Crippen molar-refractivity contribution < 1.29 is 18.3 Å². The zero-order valence-corrected chi connectivity index (χ0v) is 12.5. The van der Waals surface area contributed by atoms with Gasteiger partial charge in [-0.1, -0.05) is 0 Å². The Morgan fingerprint density at radius 1 is 1.29 bits per heavy atom. The molecule has 0 aliphatic heterocycles. The van der Waals surface area contributed by atoms with Gasteiger partial charge in [0.25, 0.3) is 0 Å². The van der Waals surface area contributed by atoms with Crippen LogP contribution in [0.5, 0.6) is 0 Å². The molecule has 0 aliphatic carbocycles. The molecule has 0 bridgehead atoms. The minimum Gasteiger partial charge on any atom is -0.469 e. The molecule has 1 atom stereocenters. The van der Waals surface area contributed by atoms with E-state index in [1.807, 2.05) is 24.5 Å². The molecule has 21 heavy (non-hydrogen) atoms. The quantitative estimate of drug-likeness (QED) is 0.580. The number of nitrogens with zero attached hydrogens (tertiary/aromatic N) is 3. The van der Waals surface area contributed by atoms with Crippen LogP contribution in [0.25, 0.3) is 11.4 Å². The number of aromatic nitrogens is 3. The van der Waals surface area contributed by atoms with Crippen LogP contribution in [0.1, 0.15) is 6.42 Å². The molecule has 0 saturated carbocycles. The fourth-order valence-corrected chi connectivity index (χ4v) is 2.70. The van der Waals surface area contributed by atoms with E-state index in [0.717, 1.165) is 5.56 Å². The Morgan fingerprint density at radius 2 is 1.95 bits per heavy atom. The van der Waals surface area contributed by atoms with Crippen molar-refractivity contribution in [2.75, 3.05) is 12.9 Å². The van der Waals surface area contributed by atoms with E-state index in [1.165, 1.54) is 7.11 Å². The molecule has 2 heterocycles. The summed E-state index contributed by atoms with van der Waals surface area (Å²) in [5.41, 5.74) is 0.896. The van der Waals surface area contributed by atoms with Gasteiger partial charge in [-0.25, -0.2) is 9.97 Å². The van der Waals surface area contributed by atoms with Crippen LogP contribution in [-0.2, 0) is 26.2 Å². The van der Waals surface area contributed by atoms with Crippen LogP contribution in [-0.4, -0.2) is 33.0 Å². The van der Waals surface area contributed by atoms with E-state index in [0.29, 0.717) is 17.5 Å². The SMILES string of the molecule is COC(=O)CCS(=O)C[n+]1ccc(-c2ncccn2)cc1. The average Bonchev–Trinajstić information content (AvgIpc) is 2.54. The lowest BCUT2D eigenvalue weighted by Gasteiger charge is -2.00. The topological polar surface area (TPSA) is 73.0 Å². The van der Waals surface area contributed by atoms with Gasteiger partial charge in [0, 0.05) is 35.8 Å². The van der Waals surface area contributed by atoms with Gasteiger partial charge in [0.05, 0.1) is 24.3 Å². The second-order valence-electron chi connectivity index (χ2n) is 4.27. The number of pyridine rings is 1. The maximum Gasteiger partial charge on any atom is 0.306 e. The van der Waals surface area contributed by atoms with Gasteiger partial charge in [0.15, 0.2) is 18.2 Å². The third-order valence-corrected chi connectivity index (χ3v) is 4.02. The Kier molecular flexibility index (Phi) is 5.51. The van der Waals surface area contributed by atoms with Crippen molar-refractivity contribution >= 4 is 16.8 Å². The van der Waals surface area contributed by atoms with Gasteiger partial charge in [-0.2, -0.15) is 4.57 Å². The van der Waals surface area contributed by atoms with Crippen LogP contribution in [0.2, 0.25) is 0 Å². The van der Waals surface area contributed by atoms with Gasteiger partial charge in [0.1, 0.15) is 0 Å². The monoisotopic (exact) mass is 306 g/mol. The van der Waals surface area contributed by atoms with Crippen molar-refractivity contribution in [3.05, 3.63) is 43.0 Å². The summed E-state index contributed by atoms with van der Waals surface area (Å²) in [6, 6.07) is 5.50. The molecule has 0 aliphatic rings. The number of hydrogen-bond acceptors (Lipinski definition) is 5. The molecule has 0 spiro atoms. The molecular weight excluding hydrogens is 290 g/mol. The first-order valence-electron chi connectivity index (χ1n) is 6.37. The van der Waals surface area contributed by atoms with Crippen molar-refractivity contribution in [1.82, 2.24) is 9.97 Å². The average molecular weight is 306 g/mol. The third-order valence-electron chi connectivity index (χ3n) is 2.77. The predicted octanol–water partition coefficient (Wildman–Crippen LogP) is 0.700. The lowest BCUT2D eigenvalue weighted by molar-refractivity contribution is -0.676. The molecule has 0 N–H and O–H groups in total. The molecule has 7 heteroatoms. The summed E-state index contributed by atoms with van der Waals surface area (Å²) >= 11 is 0. The highest BCUT2D eigenvalue weighted by molar-refractivity contribution is 7.83. The number of hydrogen-bond donors (Lipinski definition) is 0. The smallest absolute Gasteiger partial charge is 0.306 e. The molecule has 0 amide bonds. The molecule has 2 rings (SSSR count). The first kappa shape index (κ1) is 15.2. The van der Waals surface area contributed by atoms with Crippen molar-refractivity contribution in [3.63, 3.8) is 0 Å². The van der Waals surface area contributed by atoms with Crippen LogP contribution in [0, 0.1) is 0 Å². The van der Waals surface area contributed by atoms with Gasteiger partial charge in [-0.05, 0) is 6.07 Å². The van der Waals surface area contributed by atoms with E-state index in [-0.39, 0.29) is 12.4 Å². The summed E-state index contributed by atoms with van der Waals surface area (Å²) < 4.78 is 18.2. The second kappa shape index (κ2) is 7.58. The summed E-state index contributed by atoms with van der Waals surface area (Å²) in [7, 11) is 0.210. The first-order valence-corrected chi connectivity index (χ1v) is 7.86. The van der Waals surface area contributed by atoms with Crippen LogP contribution < -0.4 is 4.57 Å². The highest BCUT2D eigenvalue weighted by atomic mass is 32.2. The fraction of sp³-hybridized carbons (Fsp3) is 0.286. The maximum atomic E-state index is 11.8. The highest BCUT2D eigenvalue weighted by Gasteiger charge is 2.11. The lowest BCUT2D eigenvalue weighted by Crippen LogP contribution is -2.35. The van der Waals surface area contributed by atoms with Crippen molar-refractivity contribution in [2.24, 2.45) is 0 Å². The van der Waals surface area contributed by atoms with Gasteiger partial charge >= 0.3 is 5.97 Å². The molecule has 110 valence electrons. The maximum absolute atomic E-state index is 11.8. The van der Waals surface area contributed by atoms with Gasteiger partial charge < -0.3 is 4.74 Å². The normalized spacial score (nSPS) is 11.9. The minimum absolute atomic E-state index is 0.166. The molecule has 1 unspecified atom stereocenters. The molecule has 0 radical (unpaired) electrons. The highest BCUT2D eigenvalue weighted by Crippen LogP contribution is 2.10. The zero-order valence-electron chi connectivity index (χ0n) is 11.6. The van der Waals surface area contributed by atoms with Crippen molar-refractivity contribution in [1.29, 1.82) is 0 Å². The van der Waals surface area contributed by atoms with Crippen molar-refractivity contribution in [2.45, 2.75) is 12.3 Å². The Morgan fingerprint density at radius 3 is 2.57 bits per heavy atom. The van der Waals surface area contributed by atoms with E-state index < -0.39 is 10.8 Å². The molecule has 0 aromatic carbocycles. The largest absolute Gasteiger partial charge is 0.469 e. The molecular formula is C14H16N3O3S+. The van der Waals surface area contributed by atoms with Gasteiger partial charge in [0.2, 0.25) is 5.88 Å². The minimum atomic E-state index is -1.11. The van der Waals surface area contributed by atoms with E-state index >= 15 is 0 Å². The Balaban J connectivity index is 1.94. The van der Waals surface area contributed by atoms with Crippen LogP contribution in [0.15, 0.2) is 43.0 Å². The van der Waals surface area contributed by atoms with E-state index in [1.54, 1.807) is 23.0 Å². The predicted molar refractivity (Wildman–Crippen MR) is 77.3 cm³/mol. The number of carbonyl (C=O) groups excluding carboxylic acids is 1. The molecule has 0 fully saturated rings. The molecule has 2 aromatic rings. The standard InChI is InChI=1S/C14H16N3O3S/c1-20-13(18)5-10-21(19)11-17-8-3-12(4-9-17)14-15-6-2-7-16-14/h2-4,6-9H,5,10-11H2,1H3/q+1. The Bertz CT molecular complexity index is 617. The number of ether oxygens (including phenoxy) is 1. The third kappa shape index (κ3) is 4.71. The van der Waals surface area contributed by atoms with Crippen molar-refractivity contribution in [3.8, 4) is 11.4 Å². The summed E-state index contributed by atoms with van der Waals surface area (Å²) in [4.78, 5) is 19.3. The lowest BCUT2D eigenvalue weighted by atomic mass is 10.2. The van der Waals surface area contributed by atoms with Gasteiger partial charge in [-0.15, -0.1) is 0 Å². The van der Waals surface area contributed by atoms with Crippen LogP contribution in [0.3, 0.4) is 0 Å². The summed E-state index contributed by atoms with van der Waals surface area (Å²) in [5, 5.41) is 0. The summed E-state index contributed by atoms with van der Waals surface area (Å²) in [6.07, 6.45) is 7.18. The zero-order chi connectivity index (χ0) is 15.1. The molecule has 0 saturated heterocycles. The van der Waals surface area contributed by atoms with Crippen LogP contribution >= 0.6 is 0 Å². The van der Waals surface area contributed by atoms with E-state index in [2.05, 4.69) is 14.7 Å². The summed E-state index contributed by atoms with van der Waals surface area (Å²) in [6.45, 7) is 0. The van der Waals surface area contributed by atoms with E-state index in [4.69, 9.17) is 0 Å². The molecule has 2 aromatic heterocycles. The number of carbonyl (C=O) groups is 1. The Hall–Kier alpha value is -2.15. The Labute approximate surface area is 125 Å². The number of esters is 1. The number of rotatable bonds is 6. The van der Waals surface area contributed by atoms with E-state index in [9.17, 15) is 9.00 Å². The molecule has 6 nitrogen and oxygen atoms in total. The number of methoxy groups -OCH3 is 1. The summed E-state index contributed by atoms with van der Waals surface area (Å²) in [5.74, 6) is 0.942.